The van der Waals surface area contributed by atoms with Gasteiger partial charge in [-0.25, -0.2) is 9.37 Å². The van der Waals surface area contributed by atoms with Crippen LogP contribution in [0.3, 0.4) is 0 Å². The Balaban J connectivity index is 2.02. The molecule has 0 aliphatic carbocycles. The number of anilines is 2. The van der Waals surface area contributed by atoms with Gasteiger partial charge in [-0.15, -0.1) is 0 Å². The van der Waals surface area contributed by atoms with Crippen LogP contribution >= 0.6 is 0 Å². The Labute approximate surface area is 98.9 Å². The van der Waals surface area contributed by atoms with Crippen LogP contribution in [0, 0.1) is 5.82 Å². The minimum atomic E-state index is -0.233. The molecule has 0 aliphatic rings. The fourth-order valence-corrected chi connectivity index (χ4v) is 1.42. The lowest BCUT2D eigenvalue weighted by atomic mass is 10.2. The molecule has 5 heteroatoms. The number of halogens is 1. The van der Waals surface area contributed by atoms with Crippen LogP contribution in [0.4, 0.5) is 16.2 Å². The highest BCUT2D eigenvalue weighted by atomic mass is 19.1. The van der Waals surface area contributed by atoms with Gasteiger partial charge in [0.2, 0.25) is 5.95 Å². The SMILES string of the molecule is CNc1nccc(NCc2cccc(F)c2)n1. The maximum atomic E-state index is 12.9. The van der Waals surface area contributed by atoms with E-state index in [1.54, 1.807) is 25.4 Å². The third-order valence-electron chi connectivity index (χ3n) is 2.24. The minimum Gasteiger partial charge on any atom is -0.366 e. The Morgan fingerprint density at radius 2 is 2.18 bits per heavy atom. The molecule has 2 aromatic rings. The predicted octanol–water partition coefficient (Wildman–Crippen LogP) is 2.27. The molecule has 1 aromatic carbocycles. The summed E-state index contributed by atoms with van der Waals surface area (Å²) in [6, 6.07) is 8.22. The molecule has 0 saturated carbocycles. The summed E-state index contributed by atoms with van der Waals surface area (Å²) in [5.41, 5.74) is 0.870. The molecule has 0 amide bonds. The average molecular weight is 232 g/mol. The Hall–Kier alpha value is -2.17. The van der Waals surface area contributed by atoms with Crippen molar-refractivity contribution in [3.05, 3.63) is 47.9 Å². The van der Waals surface area contributed by atoms with Crippen LogP contribution in [0.1, 0.15) is 5.56 Å². The first-order valence-corrected chi connectivity index (χ1v) is 5.27. The smallest absolute Gasteiger partial charge is 0.224 e. The van der Waals surface area contributed by atoms with E-state index < -0.39 is 0 Å². The van der Waals surface area contributed by atoms with Crippen LogP contribution in [-0.2, 0) is 6.54 Å². The van der Waals surface area contributed by atoms with Crippen molar-refractivity contribution < 1.29 is 4.39 Å². The van der Waals surface area contributed by atoms with Gasteiger partial charge in [0.25, 0.3) is 0 Å². The van der Waals surface area contributed by atoms with Gasteiger partial charge < -0.3 is 10.6 Å². The molecule has 4 nitrogen and oxygen atoms in total. The normalized spacial score (nSPS) is 10.0. The number of hydrogen-bond acceptors (Lipinski definition) is 4. The number of nitrogens with one attached hydrogen (secondary N) is 2. The molecular formula is C12H13FN4. The van der Waals surface area contributed by atoms with Crippen LogP contribution in [-0.4, -0.2) is 17.0 Å². The van der Waals surface area contributed by atoms with Crippen molar-refractivity contribution in [1.82, 2.24) is 9.97 Å². The largest absolute Gasteiger partial charge is 0.366 e. The third kappa shape index (κ3) is 3.14. The van der Waals surface area contributed by atoms with E-state index in [-0.39, 0.29) is 5.82 Å². The standard InChI is InChI=1S/C12H13FN4/c1-14-12-15-6-5-11(17-12)16-8-9-3-2-4-10(13)7-9/h2-7H,8H2,1H3,(H2,14,15,16,17). The summed E-state index contributed by atoms with van der Waals surface area (Å²) < 4.78 is 12.9. The van der Waals surface area contributed by atoms with Crippen LogP contribution < -0.4 is 10.6 Å². The molecule has 0 fully saturated rings. The minimum absolute atomic E-state index is 0.233. The molecular weight excluding hydrogens is 219 g/mol. The zero-order valence-electron chi connectivity index (χ0n) is 9.44. The molecule has 17 heavy (non-hydrogen) atoms. The van der Waals surface area contributed by atoms with Gasteiger partial charge in [-0.2, -0.15) is 4.98 Å². The average Bonchev–Trinajstić information content (AvgIpc) is 2.37. The molecule has 0 spiro atoms. The zero-order chi connectivity index (χ0) is 12.1. The molecule has 0 atom stereocenters. The summed E-state index contributed by atoms with van der Waals surface area (Å²) in [7, 11) is 1.76. The first-order chi connectivity index (χ1) is 8.28. The van der Waals surface area contributed by atoms with Crippen molar-refractivity contribution in [3.63, 3.8) is 0 Å². The molecule has 0 saturated heterocycles. The van der Waals surface area contributed by atoms with Gasteiger partial charge >= 0.3 is 0 Å². The lowest BCUT2D eigenvalue weighted by Crippen LogP contribution is -2.04. The van der Waals surface area contributed by atoms with Crippen molar-refractivity contribution in [3.8, 4) is 0 Å². The van der Waals surface area contributed by atoms with E-state index in [2.05, 4.69) is 20.6 Å². The number of benzene rings is 1. The van der Waals surface area contributed by atoms with Gasteiger partial charge in [0.1, 0.15) is 11.6 Å². The van der Waals surface area contributed by atoms with E-state index in [0.29, 0.717) is 18.3 Å². The Kier molecular flexibility index (Phi) is 3.49. The molecule has 2 N–H and O–H groups in total. The molecule has 0 unspecified atom stereocenters. The van der Waals surface area contributed by atoms with E-state index in [9.17, 15) is 4.39 Å². The topological polar surface area (TPSA) is 49.8 Å². The monoisotopic (exact) mass is 232 g/mol. The van der Waals surface area contributed by atoms with E-state index >= 15 is 0 Å². The summed E-state index contributed by atoms with van der Waals surface area (Å²) in [5, 5.41) is 5.96. The Morgan fingerprint density at radius 1 is 1.29 bits per heavy atom. The summed E-state index contributed by atoms with van der Waals surface area (Å²) in [4.78, 5) is 8.21. The number of nitrogens with zero attached hydrogens (tertiary/aromatic N) is 2. The van der Waals surface area contributed by atoms with Crippen molar-refractivity contribution in [2.75, 3.05) is 17.7 Å². The number of aromatic nitrogens is 2. The summed E-state index contributed by atoms with van der Waals surface area (Å²) >= 11 is 0. The molecule has 1 heterocycles. The lowest BCUT2D eigenvalue weighted by molar-refractivity contribution is 0.626. The van der Waals surface area contributed by atoms with Crippen LogP contribution in [0.25, 0.3) is 0 Å². The summed E-state index contributed by atoms with van der Waals surface area (Å²) in [6.07, 6.45) is 1.66. The van der Waals surface area contributed by atoms with E-state index in [4.69, 9.17) is 0 Å². The summed E-state index contributed by atoms with van der Waals surface area (Å²) in [5.74, 6) is 1.02. The van der Waals surface area contributed by atoms with E-state index in [1.807, 2.05) is 6.07 Å². The fraction of sp³-hybridized carbons (Fsp3) is 0.167. The lowest BCUT2D eigenvalue weighted by Gasteiger charge is -2.06. The van der Waals surface area contributed by atoms with Gasteiger partial charge in [-0.1, -0.05) is 12.1 Å². The Morgan fingerprint density at radius 3 is 2.94 bits per heavy atom. The van der Waals surface area contributed by atoms with Crippen LogP contribution in [0.2, 0.25) is 0 Å². The predicted molar refractivity (Wildman–Crippen MR) is 65.3 cm³/mol. The second-order valence-corrected chi connectivity index (χ2v) is 3.50. The number of rotatable bonds is 4. The molecule has 1 aromatic heterocycles. The van der Waals surface area contributed by atoms with E-state index in [0.717, 1.165) is 5.56 Å². The zero-order valence-corrected chi connectivity index (χ0v) is 9.44. The van der Waals surface area contributed by atoms with Crippen LogP contribution in [0.15, 0.2) is 36.5 Å². The van der Waals surface area contributed by atoms with Crippen molar-refractivity contribution in [1.29, 1.82) is 0 Å². The van der Waals surface area contributed by atoms with Gasteiger partial charge in [0, 0.05) is 19.8 Å². The highest BCUT2D eigenvalue weighted by molar-refractivity contribution is 5.39. The maximum Gasteiger partial charge on any atom is 0.224 e. The quantitative estimate of drug-likeness (QED) is 0.849. The first-order valence-electron chi connectivity index (χ1n) is 5.27. The van der Waals surface area contributed by atoms with Crippen molar-refractivity contribution in [2.24, 2.45) is 0 Å². The van der Waals surface area contributed by atoms with Gasteiger partial charge in [-0.3, -0.25) is 0 Å². The molecule has 88 valence electrons. The van der Waals surface area contributed by atoms with Crippen molar-refractivity contribution in [2.45, 2.75) is 6.54 Å². The molecule has 0 radical (unpaired) electrons. The molecule has 0 bridgehead atoms. The van der Waals surface area contributed by atoms with Crippen LogP contribution in [0.5, 0.6) is 0 Å². The molecule has 2 rings (SSSR count). The van der Waals surface area contributed by atoms with E-state index in [1.165, 1.54) is 12.1 Å². The second-order valence-electron chi connectivity index (χ2n) is 3.50. The second kappa shape index (κ2) is 5.25. The molecule has 0 aliphatic heterocycles. The van der Waals surface area contributed by atoms with Gasteiger partial charge in [-0.05, 0) is 23.8 Å². The highest BCUT2D eigenvalue weighted by Crippen LogP contribution is 2.08. The number of hydrogen-bond donors (Lipinski definition) is 2. The first kappa shape index (κ1) is 11.3. The summed E-state index contributed by atoms with van der Waals surface area (Å²) in [6.45, 7) is 0.526. The van der Waals surface area contributed by atoms with Crippen molar-refractivity contribution >= 4 is 11.8 Å². The van der Waals surface area contributed by atoms with Gasteiger partial charge in [0.15, 0.2) is 0 Å². The fourth-order valence-electron chi connectivity index (χ4n) is 1.42. The highest BCUT2D eigenvalue weighted by Gasteiger charge is 1.98. The maximum absolute atomic E-state index is 12.9. The Bertz CT molecular complexity index is 501. The third-order valence-corrected chi connectivity index (χ3v) is 2.24. The van der Waals surface area contributed by atoms with Gasteiger partial charge in [0.05, 0.1) is 0 Å².